The zero-order valence-corrected chi connectivity index (χ0v) is 15.7. The van der Waals surface area contributed by atoms with E-state index in [4.69, 9.17) is 14.2 Å². The van der Waals surface area contributed by atoms with Crippen molar-refractivity contribution in [3.05, 3.63) is 53.6 Å². The number of nitrogens with one attached hydrogen (secondary N) is 1. The number of hydrogen-bond donors (Lipinski definition) is 1. The second-order valence-electron chi connectivity index (χ2n) is 5.89. The van der Waals surface area contributed by atoms with Crippen LogP contribution in [0.5, 0.6) is 17.2 Å². The van der Waals surface area contributed by atoms with E-state index in [-0.39, 0.29) is 5.91 Å². The number of hydrogen-bond acceptors (Lipinski definition) is 4. The van der Waals surface area contributed by atoms with Gasteiger partial charge in [0.1, 0.15) is 5.75 Å². The predicted molar refractivity (Wildman–Crippen MR) is 102 cm³/mol. The number of carbonyl (C=O) groups excluding carboxylic acids is 1. The van der Waals surface area contributed by atoms with E-state index in [2.05, 4.69) is 5.32 Å². The fraction of sp³-hybridized carbons (Fsp3) is 0.381. The first-order valence-corrected chi connectivity index (χ1v) is 8.98. The first-order chi connectivity index (χ1) is 12.7. The SMILES string of the molecule is CCCOc1ccc(C(=O)NCc2cccc(OC)c2)cc1OCCC. The molecule has 0 heterocycles. The Balaban J connectivity index is 2.06. The van der Waals surface area contributed by atoms with Crippen molar-refractivity contribution in [3.8, 4) is 17.2 Å². The number of carbonyl (C=O) groups is 1. The van der Waals surface area contributed by atoms with Gasteiger partial charge in [-0.1, -0.05) is 26.0 Å². The quantitative estimate of drug-likeness (QED) is 0.692. The molecule has 2 rings (SSSR count). The highest BCUT2D eigenvalue weighted by molar-refractivity contribution is 5.94. The third kappa shape index (κ3) is 5.69. The van der Waals surface area contributed by atoms with Crippen molar-refractivity contribution in [3.63, 3.8) is 0 Å². The van der Waals surface area contributed by atoms with Gasteiger partial charge in [-0.15, -0.1) is 0 Å². The van der Waals surface area contributed by atoms with E-state index >= 15 is 0 Å². The van der Waals surface area contributed by atoms with Crippen molar-refractivity contribution in [2.75, 3.05) is 20.3 Å². The van der Waals surface area contributed by atoms with Crippen LogP contribution in [-0.4, -0.2) is 26.2 Å². The molecule has 0 bridgehead atoms. The maximum absolute atomic E-state index is 12.5. The predicted octanol–water partition coefficient (Wildman–Crippen LogP) is 4.20. The van der Waals surface area contributed by atoms with Gasteiger partial charge in [0.2, 0.25) is 0 Å². The summed E-state index contributed by atoms with van der Waals surface area (Å²) in [7, 11) is 1.62. The van der Waals surface area contributed by atoms with Crippen molar-refractivity contribution in [1.82, 2.24) is 5.32 Å². The van der Waals surface area contributed by atoms with Gasteiger partial charge in [-0.25, -0.2) is 0 Å². The van der Waals surface area contributed by atoms with Crippen LogP contribution in [0.4, 0.5) is 0 Å². The molecule has 1 N–H and O–H groups in total. The number of rotatable bonds is 10. The molecule has 0 atom stereocenters. The van der Waals surface area contributed by atoms with Crippen molar-refractivity contribution in [1.29, 1.82) is 0 Å². The van der Waals surface area contributed by atoms with Crippen molar-refractivity contribution < 1.29 is 19.0 Å². The van der Waals surface area contributed by atoms with Gasteiger partial charge >= 0.3 is 0 Å². The molecule has 0 aliphatic rings. The molecule has 0 unspecified atom stereocenters. The van der Waals surface area contributed by atoms with Crippen LogP contribution in [-0.2, 0) is 6.54 Å². The van der Waals surface area contributed by atoms with Gasteiger partial charge in [0.25, 0.3) is 5.91 Å². The van der Waals surface area contributed by atoms with Crippen LogP contribution in [0.25, 0.3) is 0 Å². The summed E-state index contributed by atoms with van der Waals surface area (Å²) in [5.41, 5.74) is 1.52. The molecule has 0 fully saturated rings. The van der Waals surface area contributed by atoms with E-state index < -0.39 is 0 Å². The van der Waals surface area contributed by atoms with Crippen LogP contribution in [0.15, 0.2) is 42.5 Å². The second kappa shape index (κ2) is 10.3. The average molecular weight is 357 g/mol. The lowest BCUT2D eigenvalue weighted by molar-refractivity contribution is 0.0950. The van der Waals surface area contributed by atoms with Crippen molar-refractivity contribution >= 4 is 5.91 Å². The number of amides is 1. The monoisotopic (exact) mass is 357 g/mol. The number of benzene rings is 2. The summed E-state index contributed by atoms with van der Waals surface area (Å²) in [5.74, 6) is 1.89. The summed E-state index contributed by atoms with van der Waals surface area (Å²) >= 11 is 0. The molecule has 0 aromatic heterocycles. The second-order valence-corrected chi connectivity index (χ2v) is 5.89. The molecule has 1 amide bonds. The Morgan fingerprint density at radius 1 is 0.962 bits per heavy atom. The summed E-state index contributed by atoms with van der Waals surface area (Å²) < 4.78 is 16.6. The van der Waals surface area contributed by atoms with Crippen molar-refractivity contribution in [2.45, 2.75) is 33.2 Å². The smallest absolute Gasteiger partial charge is 0.251 e. The zero-order valence-electron chi connectivity index (χ0n) is 15.7. The van der Waals surface area contributed by atoms with Gasteiger partial charge in [-0.3, -0.25) is 4.79 Å². The minimum absolute atomic E-state index is 0.156. The Labute approximate surface area is 155 Å². The molecule has 0 aliphatic heterocycles. The van der Waals surface area contributed by atoms with Crippen LogP contribution in [0.2, 0.25) is 0 Å². The summed E-state index contributed by atoms with van der Waals surface area (Å²) in [6, 6.07) is 12.9. The van der Waals surface area contributed by atoms with E-state index in [9.17, 15) is 4.79 Å². The molecule has 0 saturated carbocycles. The number of ether oxygens (including phenoxy) is 3. The molecule has 0 radical (unpaired) electrons. The highest BCUT2D eigenvalue weighted by Gasteiger charge is 2.12. The lowest BCUT2D eigenvalue weighted by Crippen LogP contribution is -2.22. The summed E-state index contributed by atoms with van der Waals surface area (Å²) in [6.07, 6.45) is 1.80. The maximum atomic E-state index is 12.5. The molecule has 5 heteroatoms. The van der Waals surface area contributed by atoms with Crippen LogP contribution in [0.1, 0.15) is 42.6 Å². The maximum Gasteiger partial charge on any atom is 0.251 e. The molecule has 5 nitrogen and oxygen atoms in total. The molecule has 0 spiro atoms. The van der Waals surface area contributed by atoms with Gasteiger partial charge in [0.05, 0.1) is 20.3 Å². The Kier molecular flexibility index (Phi) is 7.80. The number of methoxy groups -OCH3 is 1. The fourth-order valence-electron chi connectivity index (χ4n) is 2.37. The Hall–Kier alpha value is -2.69. The van der Waals surface area contributed by atoms with Crippen LogP contribution < -0.4 is 19.5 Å². The van der Waals surface area contributed by atoms with Crippen LogP contribution >= 0.6 is 0 Å². The van der Waals surface area contributed by atoms with E-state index in [0.29, 0.717) is 36.8 Å². The lowest BCUT2D eigenvalue weighted by Gasteiger charge is -2.14. The van der Waals surface area contributed by atoms with Gasteiger partial charge in [0.15, 0.2) is 11.5 Å². The van der Waals surface area contributed by atoms with Crippen molar-refractivity contribution in [2.24, 2.45) is 0 Å². The van der Waals surface area contributed by atoms with E-state index in [0.717, 1.165) is 24.2 Å². The van der Waals surface area contributed by atoms with E-state index in [1.165, 1.54) is 0 Å². The fourth-order valence-corrected chi connectivity index (χ4v) is 2.37. The summed E-state index contributed by atoms with van der Waals surface area (Å²) in [5, 5.41) is 2.92. The molecule has 0 saturated heterocycles. The summed E-state index contributed by atoms with van der Waals surface area (Å²) in [4.78, 5) is 12.5. The third-order valence-electron chi connectivity index (χ3n) is 3.72. The molecule has 2 aromatic carbocycles. The van der Waals surface area contributed by atoms with E-state index in [1.54, 1.807) is 25.3 Å². The lowest BCUT2D eigenvalue weighted by atomic mass is 10.1. The van der Waals surface area contributed by atoms with Crippen LogP contribution in [0.3, 0.4) is 0 Å². The Morgan fingerprint density at radius 2 is 1.69 bits per heavy atom. The third-order valence-corrected chi connectivity index (χ3v) is 3.72. The first-order valence-electron chi connectivity index (χ1n) is 8.98. The van der Waals surface area contributed by atoms with Gasteiger partial charge in [-0.05, 0) is 48.7 Å². The minimum atomic E-state index is -0.156. The van der Waals surface area contributed by atoms with Crippen LogP contribution in [0, 0.1) is 0 Å². The van der Waals surface area contributed by atoms with Gasteiger partial charge < -0.3 is 19.5 Å². The van der Waals surface area contributed by atoms with Gasteiger partial charge in [-0.2, -0.15) is 0 Å². The largest absolute Gasteiger partial charge is 0.497 e. The molecule has 26 heavy (non-hydrogen) atoms. The highest BCUT2D eigenvalue weighted by atomic mass is 16.5. The molecule has 140 valence electrons. The first kappa shape index (κ1) is 19.6. The molecule has 0 aliphatic carbocycles. The average Bonchev–Trinajstić information content (AvgIpc) is 2.69. The molecule has 2 aromatic rings. The zero-order chi connectivity index (χ0) is 18.8. The highest BCUT2D eigenvalue weighted by Crippen LogP contribution is 2.29. The topological polar surface area (TPSA) is 56.8 Å². The standard InChI is InChI=1S/C21H27NO4/c1-4-11-25-19-10-9-17(14-20(19)26-12-5-2)21(23)22-15-16-7-6-8-18(13-16)24-3/h6-10,13-14H,4-5,11-12,15H2,1-3H3,(H,22,23). The Morgan fingerprint density at radius 3 is 2.38 bits per heavy atom. The molecular weight excluding hydrogens is 330 g/mol. The van der Waals surface area contributed by atoms with Gasteiger partial charge in [0, 0.05) is 12.1 Å². The normalized spacial score (nSPS) is 10.3. The summed E-state index contributed by atoms with van der Waals surface area (Å²) in [6.45, 7) is 5.71. The minimum Gasteiger partial charge on any atom is -0.497 e. The molecular formula is C21H27NO4. The Bertz CT molecular complexity index is 715. The van der Waals surface area contributed by atoms with E-state index in [1.807, 2.05) is 38.1 Å².